The topological polar surface area (TPSA) is 20.2 Å². The Morgan fingerprint density at radius 2 is 1.73 bits per heavy atom. The van der Waals surface area contributed by atoms with Gasteiger partial charge in [0.05, 0.1) is 0 Å². The second-order valence-corrected chi connectivity index (χ2v) is 4.33. The molecule has 0 heterocycles. The summed E-state index contributed by atoms with van der Waals surface area (Å²) in [5.74, 6) is 0.309. The van der Waals surface area contributed by atoms with Crippen molar-refractivity contribution in [2.45, 2.75) is 6.92 Å². The van der Waals surface area contributed by atoms with Gasteiger partial charge in [0.25, 0.3) is 0 Å². The molecule has 2 heteroatoms. The molecule has 0 radical (unpaired) electrons. The van der Waals surface area contributed by atoms with Crippen molar-refractivity contribution >= 4 is 15.9 Å². The van der Waals surface area contributed by atoms with Gasteiger partial charge in [-0.25, -0.2) is 0 Å². The van der Waals surface area contributed by atoms with Crippen molar-refractivity contribution < 1.29 is 5.11 Å². The summed E-state index contributed by atoms with van der Waals surface area (Å²) in [4.78, 5) is 0. The van der Waals surface area contributed by atoms with Crippen LogP contribution >= 0.6 is 15.9 Å². The van der Waals surface area contributed by atoms with Gasteiger partial charge in [-0.3, -0.25) is 0 Å². The van der Waals surface area contributed by atoms with Gasteiger partial charge in [-0.05, 0) is 41.8 Å². The number of hydrogen-bond donors (Lipinski definition) is 1. The first-order chi connectivity index (χ1) is 7.18. The summed E-state index contributed by atoms with van der Waals surface area (Å²) in [7, 11) is 0. The van der Waals surface area contributed by atoms with Gasteiger partial charge < -0.3 is 5.11 Å². The van der Waals surface area contributed by atoms with Crippen molar-refractivity contribution in [2.24, 2.45) is 0 Å². The van der Waals surface area contributed by atoms with E-state index >= 15 is 0 Å². The van der Waals surface area contributed by atoms with E-state index in [9.17, 15) is 5.11 Å². The van der Waals surface area contributed by atoms with Crippen molar-refractivity contribution in [1.29, 1.82) is 0 Å². The molecular formula is C13H11BrO. The van der Waals surface area contributed by atoms with Crippen molar-refractivity contribution in [2.75, 3.05) is 0 Å². The number of benzene rings is 2. The lowest BCUT2D eigenvalue weighted by Gasteiger charge is -2.08. The molecule has 0 fully saturated rings. The molecule has 76 valence electrons. The zero-order valence-electron chi connectivity index (χ0n) is 8.37. The van der Waals surface area contributed by atoms with Crippen LogP contribution in [0.1, 0.15) is 5.56 Å². The van der Waals surface area contributed by atoms with E-state index in [1.807, 2.05) is 31.2 Å². The number of aromatic hydroxyl groups is 1. The molecule has 2 rings (SSSR count). The van der Waals surface area contributed by atoms with Crippen molar-refractivity contribution in [3.8, 4) is 16.9 Å². The SMILES string of the molecule is Cc1cc(O)ccc1-c1ccccc1Br. The number of hydrogen-bond acceptors (Lipinski definition) is 1. The normalized spacial score (nSPS) is 10.3. The molecule has 0 saturated heterocycles. The average Bonchev–Trinajstić information content (AvgIpc) is 2.20. The Hall–Kier alpha value is -1.28. The molecule has 2 aromatic rings. The van der Waals surface area contributed by atoms with Gasteiger partial charge in [0, 0.05) is 4.47 Å². The highest BCUT2D eigenvalue weighted by atomic mass is 79.9. The molecule has 2 aromatic carbocycles. The molecule has 1 N–H and O–H groups in total. The van der Waals surface area contributed by atoms with Gasteiger partial charge in [-0.15, -0.1) is 0 Å². The summed E-state index contributed by atoms with van der Waals surface area (Å²) in [6.45, 7) is 1.99. The first kappa shape index (κ1) is 10.2. The van der Waals surface area contributed by atoms with E-state index in [1.54, 1.807) is 12.1 Å². The van der Waals surface area contributed by atoms with Crippen LogP contribution in [0, 0.1) is 6.92 Å². The van der Waals surface area contributed by atoms with Gasteiger partial charge in [0.1, 0.15) is 5.75 Å². The Morgan fingerprint density at radius 3 is 2.40 bits per heavy atom. The van der Waals surface area contributed by atoms with Crippen LogP contribution in [0.2, 0.25) is 0 Å². The highest BCUT2D eigenvalue weighted by molar-refractivity contribution is 9.10. The lowest BCUT2D eigenvalue weighted by Crippen LogP contribution is -1.83. The number of phenolic OH excluding ortho intramolecular Hbond substituents is 1. The van der Waals surface area contributed by atoms with Crippen molar-refractivity contribution in [1.82, 2.24) is 0 Å². The van der Waals surface area contributed by atoms with Gasteiger partial charge in [0.15, 0.2) is 0 Å². The maximum absolute atomic E-state index is 9.34. The number of aryl methyl sites for hydroxylation is 1. The minimum Gasteiger partial charge on any atom is -0.508 e. The molecule has 0 aliphatic heterocycles. The smallest absolute Gasteiger partial charge is 0.115 e. The van der Waals surface area contributed by atoms with E-state index in [0.29, 0.717) is 5.75 Å². The quantitative estimate of drug-likeness (QED) is 0.820. The highest BCUT2D eigenvalue weighted by Gasteiger charge is 2.05. The fraction of sp³-hybridized carbons (Fsp3) is 0.0769. The van der Waals surface area contributed by atoms with E-state index in [2.05, 4.69) is 22.0 Å². The summed E-state index contributed by atoms with van der Waals surface area (Å²) in [5.41, 5.74) is 3.36. The van der Waals surface area contributed by atoms with Crippen LogP contribution in [0.4, 0.5) is 0 Å². The van der Waals surface area contributed by atoms with E-state index in [4.69, 9.17) is 0 Å². The minimum atomic E-state index is 0.309. The first-order valence-electron chi connectivity index (χ1n) is 4.73. The maximum Gasteiger partial charge on any atom is 0.115 e. The summed E-state index contributed by atoms with van der Waals surface area (Å²) < 4.78 is 1.07. The largest absolute Gasteiger partial charge is 0.508 e. The summed E-state index contributed by atoms with van der Waals surface area (Å²) in [5, 5.41) is 9.34. The molecule has 0 unspecified atom stereocenters. The third-order valence-electron chi connectivity index (χ3n) is 2.37. The minimum absolute atomic E-state index is 0.309. The van der Waals surface area contributed by atoms with Crippen LogP contribution in [0.5, 0.6) is 5.75 Å². The van der Waals surface area contributed by atoms with Crippen LogP contribution < -0.4 is 0 Å². The van der Waals surface area contributed by atoms with Crippen LogP contribution in [0.25, 0.3) is 11.1 Å². The zero-order chi connectivity index (χ0) is 10.8. The number of halogens is 1. The third kappa shape index (κ3) is 2.05. The molecule has 0 saturated carbocycles. The van der Waals surface area contributed by atoms with Crippen LogP contribution in [0.15, 0.2) is 46.9 Å². The Balaban J connectivity index is 2.60. The summed E-state index contributed by atoms with van der Waals surface area (Å²) in [6.07, 6.45) is 0. The van der Waals surface area contributed by atoms with E-state index < -0.39 is 0 Å². The zero-order valence-corrected chi connectivity index (χ0v) is 9.95. The number of rotatable bonds is 1. The van der Waals surface area contributed by atoms with Gasteiger partial charge >= 0.3 is 0 Å². The summed E-state index contributed by atoms with van der Waals surface area (Å²) in [6, 6.07) is 13.5. The molecule has 0 aliphatic carbocycles. The van der Waals surface area contributed by atoms with Crippen LogP contribution in [-0.4, -0.2) is 5.11 Å². The monoisotopic (exact) mass is 262 g/mol. The maximum atomic E-state index is 9.34. The standard InChI is InChI=1S/C13H11BrO/c1-9-8-10(15)6-7-11(9)12-4-2-3-5-13(12)14/h2-8,15H,1H3. The second-order valence-electron chi connectivity index (χ2n) is 3.48. The molecular weight excluding hydrogens is 252 g/mol. The Bertz CT molecular complexity index is 492. The fourth-order valence-electron chi connectivity index (χ4n) is 1.63. The van der Waals surface area contributed by atoms with E-state index in [1.165, 1.54) is 0 Å². The first-order valence-corrected chi connectivity index (χ1v) is 5.52. The van der Waals surface area contributed by atoms with Crippen LogP contribution in [-0.2, 0) is 0 Å². The van der Waals surface area contributed by atoms with Gasteiger partial charge in [-0.2, -0.15) is 0 Å². The van der Waals surface area contributed by atoms with Crippen molar-refractivity contribution in [3.63, 3.8) is 0 Å². The van der Waals surface area contributed by atoms with Gasteiger partial charge in [-0.1, -0.05) is 40.2 Å². The Kier molecular flexibility index (Phi) is 2.78. The third-order valence-corrected chi connectivity index (χ3v) is 3.07. The highest BCUT2D eigenvalue weighted by Crippen LogP contribution is 2.31. The predicted molar refractivity (Wildman–Crippen MR) is 66.0 cm³/mol. The molecule has 15 heavy (non-hydrogen) atoms. The second kappa shape index (κ2) is 4.07. The van der Waals surface area contributed by atoms with Crippen molar-refractivity contribution in [3.05, 3.63) is 52.5 Å². The fourth-order valence-corrected chi connectivity index (χ4v) is 2.13. The Labute approximate surface area is 97.5 Å². The molecule has 0 aromatic heterocycles. The molecule has 0 amide bonds. The lowest BCUT2D eigenvalue weighted by atomic mass is 10.0. The summed E-state index contributed by atoms with van der Waals surface area (Å²) >= 11 is 3.52. The molecule has 0 spiro atoms. The Morgan fingerprint density at radius 1 is 1.00 bits per heavy atom. The van der Waals surface area contributed by atoms with E-state index in [-0.39, 0.29) is 0 Å². The molecule has 1 nitrogen and oxygen atoms in total. The van der Waals surface area contributed by atoms with Crippen LogP contribution in [0.3, 0.4) is 0 Å². The molecule has 0 atom stereocenters. The molecule has 0 bridgehead atoms. The van der Waals surface area contributed by atoms with E-state index in [0.717, 1.165) is 21.2 Å². The lowest BCUT2D eigenvalue weighted by molar-refractivity contribution is 0.475. The number of phenols is 1. The van der Waals surface area contributed by atoms with Gasteiger partial charge in [0.2, 0.25) is 0 Å². The molecule has 0 aliphatic rings. The predicted octanol–water partition coefficient (Wildman–Crippen LogP) is 4.13. The average molecular weight is 263 g/mol.